The SMILES string of the molecule is Cc1nsc(C)c1C(=O)N1CCN(c2cnn(C)c2)CC1. The van der Waals surface area contributed by atoms with E-state index in [-0.39, 0.29) is 5.91 Å². The first-order chi connectivity index (χ1) is 10.1. The van der Waals surface area contributed by atoms with Crippen LogP contribution in [0.4, 0.5) is 5.69 Å². The van der Waals surface area contributed by atoms with E-state index >= 15 is 0 Å². The average molecular weight is 305 g/mol. The Balaban J connectivity index is 1.67. The third-order valence-corrected chi connectivity index (χ3v) is 4.71. The Kier molecular flexibility index (Phi) is 3.67. The van der Waals surface area contributed by atoms with E-state index < -0.39 is 0 Å². The number of hydrogen-bond acceptors (Lipinski definition) is 5. The summed E-state index contributed by atoms with van der Waals surface area (Å²) in [6.07, 6.45) is 3.88. The molecule has 0 spiro atoms. The second-order valence-electron chi connectivity index (χ2n) is 5.35. The molecule has 0 radical (unpaired) electrons. The van der Waals surface area contributed by atoms with Crippen molar-refractivity contribution in [3.8, 4) is 0 Å². The molecule has 0 saturated carbocycles. The molecule has 0 bridgehead atoms. The number of anilines is 1. The number of hydrogen-bond donors (Lipinski definition) is 0. The fourth-order valence-corrected chi connectivity index (χ4v) is 3.38. The van der Waals surface area contributed by atoms with Crippen molar-refractivity contribution in [3.05, 3.63) is 28.5 Å². The van der Waals surface area contributed by atoms with Crippen molar-refractivity contribution in [2.45, 2.75) is 13.8 Å². The fourth-order valence-electron chi connectivity index (χ4n) is 2.69. The standard InChI is InChI=1S/C14H19N5OS/c1-10-13(11(2)21-16-10)14(20)19-6-4-18(5-7-19)12-8-15-17(3)9-12/h8-9H,4-7H2,1-3H3. The van der Waals surface area contributed by atoms with Crippen LogP contribution in [0.25, 0.3) is 0 Å². The van der Waals surface area contributed by atoms with E-state index in [9.17, 15) is 4.79 Å². The van der Waals surface area contributed by atoms with Gasteiger partial charge in [-0.3, -0.25) is 9.48 Å². The van der Waals surface area contributed by atoms with Crippen molar-refractivity contribution in [3.63, 3.8) is 0 Å². The highest BCUT2D eigenvalue weighted by Gasteiger charge is 2.26. The monoisotopic (exact) mass is 305 g/mol. The first-order valence-corrected chi connectivity index (χ1v) is 7.79. The first kappa shape index (κ1) is 14.1. The van der Waals surface area contributed by atoms with Crippen LogP contribution >= 0.6 is 11.5 Å². The van der Waals surface area contributed by atoms with Crippen LogP contribution in [0.1, 0.15) is 20.9 Å². The lowest BCUT2D eigenvalue weighted by atomic mass is 10.1. The molecule has 1 aliphatic rings. The Morgan fingerprint density at radius 2 is 1.95 bits per heavy atom. The van der Waals surface area contributed by atoms with Crippen molar-refractivity contribution in [1.82, 2.24) is 19.1 Å². The predicted molar refractivity (Wildman–Crippen MR) is 82.9 cm³/mol. The number of carbonyl (C=O) groups excluding carboxylic acids is 1. The molecule has 6 nitrogen and oxygen atoms in total. The van der Waals surface area contributed by atoms with Gasteiger partial charge in [-0.05, 0) is 25.4 Å². The van der Waals surface area contributed by atoms with Gasteiger partial charge in [0.25, 0.3) is 5.91 Å². The molecule has 1 saturated heterocycles. The number of amides is 1. The zero-order valence-corrected chi connectivity index (χ0v) is 13.4. The maximum Gasteiger partial charge on any atom is 0.257 e. The van der Waals surface area contributed by atoms with Crippen LogP contribution in [0.3, 0.4) is 0 Å². The Labute approximate surface area is 128 Å². The summed E-state index contributed by atoms with van der Waals surface area (Å²) in [6, 6.07) is 0. The number of nitrogens with zero attached hydrogens (tertiary/aromatic N) is 5. The van der Waals surface area contributed by atoms with Gasteiger partial charge >= 0.3 is 0 Å². The topological polar surface area (TPSA) is 54.3 Å². The lowest BCUT2D eigenvalue weighted by Gasteiger charge is -2.35. The van der Waals surface area contributed by atoms with Crippen LogP contribution in [0.5, 0.6) is 0 Å². The van der Waals surface area contributed by atoms with Crippen molar-refractivity contribution >= 4 is 23.1 Å². The number of rotatable bonds is 2. The van der Waals surface area contributed by atoms with Gasteiger partial charge < -0.3 is 9.80 Å². The van der Waals surface area contributed by atoms with Gasteiger partial charge in [-0.2, -0.15) is 9.47 Å². The van der Waals surface area contributed by atoms with Crippen LogP contribution in [0.2, 0.25) is 0 Å². The van der Waals surface area contributed by atoms with E-state index in [0.29, 0.717) is 0 Å². The molecule has 112 valence electrons. The van der Waals surface area contributed by atoms with Gasteiger partial charge in [-0.1, -0.05) is 0 Å². The van der Waals surface area contributed by atoms with Gasteiger partial charge in [0.05, 0.1) is 23.1 Å². The molecule has 0 aromatic carbocycles. The zero-order valence-electron chi connectivity index (χ0n) is 12.5. The van der Waals surface area contributed by atoms with Crippen molar-refractivity contribution < 1.29 is 4.79 Å². The lowest BCUT2D eigenvalue weighted by Crippen LogP contribution is -2.48. The molecule has 3 rings (SSSR count). The van der Waals surface area contributed by atoms with Crippen LogP contribution < -0.4 is 4.90 Å². The molecule has 21 heavy (non-hydrogen) atoms. The number of carbonyl (C=O) groups is 1. The maximum atomic E-state index is 12.6. The van der Waals surface area contributed by atoms with Gasteiger partial charge in [0.15, 0.2) is 0 Å². The highest BCUT2D eigenvalue weighted by Crippen LogP contribution is 2.21. The van der Waals surface area contributed by atoms with Crippen molar-refractivity contribution in [2.75, 3.05) is 31.1 Å². The molecule has 0 atom stereocenters. The number of piperazine rings is 1. The molecule has 1 aliphatic heterocycles. The summed E-state index contributed by atoms with van der Waals surface area (Å²) < 4.78 is 6.07. The van der Waals surface area contributed by atoms with Crippen LogP contribution in [0, 0.1) is 13.8 Å². The minimum Gasteiger partial charge on any atom is -0.365 e. The summed E-state index contributed by atoms with van der Waals surface area (Å²) in [5.41, 5.74) is 2.75. The number of aryl methyl sites for hydroxylation is 3. The minimum atomic E-state index is 0.115. The normalized spacial score (nSPS) is 15.6. The fraction of sp³-hybridized carbons (Fsp3) is 0.500. The third kappa shape index (κ3) is 2.65. The van der Waals surface area contributed by atoms with E-state index in [1.165, 1.54) is 11.5 Å². The molecule has 0 unspecified atom stereocenters. The largest absolute Gasteiger partial charge is 0.365 e. The van der Waals surface area contributed by atoms with Crippen LogP contribution in [-0.4, -0.2) is 51.1 Å². The molecule has 1 fully saturated rings. The minimum absolute atomic E-state index is 0.115. The van der Waals surface area contributed by atoms with E-state index in [4.69, 9.17) is 0 Å². The summed E-state index contributed by atoms with van der Waals surface area (Å²) >= 11 is 1.40. The van der Waals surface area contributed by atoms with Crippen LogP contribution in [0.15, 0.2) is 12.4 Å². The van der Waals surface area contributed by atoms with E-state index in [1.54, 1.807) is 4.68 Å². The maximum absolute atomic E-state index is 12.6. The smallest absolute Gasteiger partial charge is 0.257 e. The van der Waals surface area contributed by atoms with E-state index in [0.717, 1.165) is 48.0 Å². The summed E-state index contributed by atoms with van der Waals surface area (Å²) in [4.78, 5) is 17.8. The van der Waals surface area contributed by atoms with Gasteiger partial charge in [-0.25, -0.2) is 0 Å². The molecule has 1 amide bonds. The van der Waals surface area contributed by atoms with Crippen LogP contribution in [-0.2, 0) is 7.05 Å². The highest BCUT2D eigenvalue weighted by molar-refractivity contribution is 7.06. The third-order valence-electron chi connectivity index (χ3n) is 3.87. The molecule has 3 heterocycles. The Morgan fingerprint density at radius 1 is 1.24 bits per heavy atom. The summed E-state index contributed by atoms with van der Waals surface area (Å²) in [6.45, 7) is 7.03. The molecule has 2 aromatic heterocycles. The Bertz CT molecular complexity index is 635. The zero-order chi connectivity index (χ0) is 15.0. The predicted octanol–water partition coefficient (Wildman–Crippen LogP) is 1.46. The van der Waals surface area contributed by atoms with Gasteiger partial charge in [-0.15, -0.1) is 0 Å². The Morgan fingerprint density at radius 3 is 2.48 bits per heavy atom. The molecule has 2 aromatic rings. The molecule has 0 N–H and O–H groups in total. The molecular weight excluding hydrogens is 286 g/mol. The average Bonchev–Trinajstić information content (AvgIpc) is 3.05. The van der Waals surface area contributed by atoms with E-state index in [2.05, 4.69) is 14.4 Å². The Hall–Kier alpha value is -1.89. The quantitative estimate of drug-likeness (QED) is 0.843. The van der Waals surface area contributed by atoms with Crippen molar-refractivity contribution in [1.29, 1.82) is 0 Å². The summed E-state index contributed by atoms with van der Waals surface area (Å²) in [7, 11) is 1.92. The van der Waals surface area contributed by atoms with E-state index in [1.807, 2.05) is 38.2 Å². The summed E-state index contributed by atoms with van der Waals surface area (Å²) in [5, 5.41) is 4.20. The molecular formula is C14H19N5OS. The first-order valence-electron chi connectivity index (χ1n) is 7.02. The second kappa shape index (κ2) is 5.48. The lowest BCUT2D eigenvalue weighted by molar-refractivity contribution is 0.0745. The molecule has 7 heteroatoms. The number of aromatic nitrogens is 3. The van der Waals surface area contributed by atoms with Gasteiger partial charge in [0, 0.05) is 44.3 Å². The summed E-state index contributed by atoms with van der Waals surface area (Å²) in [5.74, 6) is 0.115. The highest BCUT2D eigenvalue weighted by atomic mass is 32.1. The van der Waals surface area contributed by atoms with Crippen molar-refractivity contribution in [2.24, 2.45) is 7.05 Å². The second-order valence-corrected chi connectivity index (χ2v) is 6.33. The molecule has 0 aliphatic carbocycles. The van der Waals surface area contributed by atoms with Gasteiger partial charge in [0.2, 0.25) is 0 Å². The van der Waals surface area contributed by atoms with Gasteiger partial charge in [0.1, 0.15) is 0 Å².